The highest BCUT2D eigenvalue weighted by Crippen LogP contribution is 2.15. The molecule has 0 saturated heterocycles. The number of hydrogen-bond acceptors (Lipinski definition) is 4. The molecule has 0 spiro atoms. The summed E-state index contributed by atoms with van der Waals surface area (Å²) in [6.45, 7) is 1.28. The minimum atomic E-state index is -0.188. The molecule has 0 heterocycles. The van der Waals surface area contributed by atoms with Gasteiger partial charge in [0.15, 0.2) is 0 Å². The van der Waals surface area contributed by atoms with Crippen molar-refractivity contribution in [3.05, 3.63) is 59.1 Å². The second-order valence-electron chi connectivity index (χ2n) is 5.59. The molecule has 0 bridgehead atoms. The van der Waals surface area contributed by atoms with Gasteiger partial charge in [0.25, 0.3) is 5.91 Å². The predicted octanol–water partition coefficient (Wildman–Crippen LogP) is 3.16. The quantitative estimate of drug-likeness (QED) is 0.588. The number of halogens is 1. The topological polar surface area (TPSA) is 79.5 Å². The number of hydrogen-bond donors (Lipinski definition) is 3. The van der Waals surface area contributed by atoms with Gasteiger partial charge in [-0.25, -0.2) is 0 Å². The van der Waals surface area contributed by atoms with E-state index >= 15 is 0 Å². The van der Waals surface area contributed by atoms with Crippen molar-refractivity contribution in [2.45, 2.75) is 6.42 Å². The van der Waals surface area contributed by atoms with Gasteiger partial charge in [-0.2, -0.15) is 0 Å². The maximum absolute atomic E-state index is 12.0. The summed E-state index contributed by atoms with van der Waals surface area (Å²) in [6.07, 6.45) is 0.767. The molecule has 0 unspecified atom stereocenters. The summed E-state index contributed by atoms with van der Waals surface area (Å²) in [6, 6.07) is 13.9. The zero-order valence-corrected chi connectivity index (χ0v) is 15.3. The molecule has 0 radical (unpaired) electrons. The summed E-state index contributed by atoms with van der Waals surface area (Å²) in [5.74, 6) is -0.321. The van der Waals surface area contributed by atoms with E-state index in [0.717, 1.165) is 12.1 Å². The maximum atomic E-state index is 12.0. The van der Waals surface area contributed by atoms with Gasteiger partial charge in [-0.1, -0.05) is 17.7 Å². The van der Waals surface area contributed by atoms with E-state index in [9.17, 15) is 9.59 Å². The van der Waals surface area contributed by atoms with Gasteiger partial charge in [-0.05, 0) is 48.9 Å². The molecular formula is C19H22ClN3O3. The normalized spacial score (nSPS) is 10.2. The van der Waals surface area contributed by atoms with Gasteiger partial charge in [-0.15, -0.1) is 0 Å². The first-order valence-electron chi connectivity index (χ1n) is 8.25. The summed E-state index contributed by atoms with van der Waals surface area (Å²) < 4.78 is 4.94. The van der Waals surface area contributed by atoms with Crippen molar-refractivity contribution in [1.82, 2.24) is 5.32 Å². The second-order valence-corrected chi connectivity index (χ2v) is 6.03. The lowest BCUT2D eigenvalue weighted by atomic mass is 10.2. The number of carbonyl (C=O) groups excluding carboxylic acids is 2. The van der Waals surface area contributed by atoms with Crippen LogP contribution in [-0.2, 0) is 9.53 Å². The SMILES string of the molecule is COCCCNC(=O)c1ccc(NCC(=O)Nc2cccc(Cl)c2)cc1. The average Bonchev–Trinajstić information content (AvgIpc) is 2.64. The van der Waals surface area contributed by atoms with Crippen LogP contribution in [0.15, 0.2) is 48.5 Å². The molecule has 2 amide bonds. The molecule has 0 aliphatic carbocycles. The van der Waals surface area contributed by atoms with E-state index in [4.69, 9.17) is 16.3 Å². The lowest BCUT2D eigenvalue weighted by molar-refractivity contribution is -0.114. The Morgan fingerprint density at radius 3 is 2.54 bits per heavy atom. The molecule has 0 aliphatic rings. The number of carbonyl (C=O) groups is 2. The van der Waals surface area contributed by atoms with Crippen LogP contribution in [0.1, 0.15) is 16.8 Å². The smallest absolute Gasteiger partial charge is 0.251 e. The summed E-state index contributed by atoms with van der Waals surface area (Å²) in [5, 5.41) is 9.15. The first-order valence-corrected chi connectivity index (χ1v) is 8.63. The number of anilines is 2. The van der Waals surface area contributed by atoms with E-state index in [0.29, 0.717) is 29.4 Å². The molecule has 0 aromatic heterocycles. The lowest BCUT2D eigenvalue weighted by Gasteiger charge is -2.09. The lowest BCUT2D eigenvalue weighted by Crippen LogP contribution is -2.25. The molecule has 6 nitrogen and oxygen atoms in total. The van der Waals surface area contributed by atoms with Crippen LogP contribution in [0.2, 0.25) is 5.02 Å². The fraction of sp³-hybridized carbons (Fsp3) is 0.263. The molecular weight excluding hydrogens is 354 g/mol. The summed E-state index contributed by atoms with van der Waals surface area (Å²) in [7, 11) is 1.63. The number of amides is 2. The maximum Gasteiger partial charge on any atom is 0.251 e. The number of benzene rings is 2. The Balaban J connectivity index is 1.77. The average molecular weight is 376 g/mol. The van der Waals surface area contributed by atoms with E-state index in [1.807, 2.05) is 0 Å². The van der Waals surface area contributed by atoms with Crippen molar-refractivity contribution < 1.29 is 14.3 Å². The zero-order valence-electron chi connectivity index (χ0n) is 14.5. The fourth-order valence-electron chi connectivity index (χ4n) is 2.21. The molecule has 2 aromatic carbocycles. The Morgan fingerprint density at radius 1 is 1.08 bits per heavy atom. The highest BCUT2D eigenvalue weighted by molar-refractivity contribution is 6.30. The van der Waals surface area contributed by atoms with Crippen molar-refractivity contribution in [1.29, 1.82) is 0 Å². The van der Waals surface area contributed by atoms with Gasteiger partial charge >= 0.3 is 0 Å². The van der Waals surface area contributed by atoms with Crippen molar-refractivity contribution in [3.8, 4) is 0 Å². The van der Waals surface area contributed by atoms with Crippen molar-refractivity contribution in [3.63, 3.8) is 0 Å². The standard InChI is InChI=1S/C19H22ClN3O3/c1-26-11-3-10-21-19(25)14-6-8-16(9-7-14)22-13-18(24)23-17-5-2-4-15(20)12-17/h2,4-9,12,22H,3,10-11,13H2,1H3,(H,21,25)(H,23,24). The van der Waals surface area contributed by atoms with Crippen LogP contribution in [0.4, 0.5) is 11.4 Å². The van der Waals surface area contributed by atoms with Gasteiger partial charge < -0.3 is 20.7 Å². The third kappa shape index (κ3) is 6.74. The molecule has 3 N–H and O–H groups in total. The molecule has 0 fully saturated rings. The zero-order chi connectivity index (χ0) is 18.8. The number of nitrogens with one attached hydrogen (secondary N) is 3. The molecule has 26 heavy (non-hydrogen) atoms. The van der Waals surface area contributed by atoms with E-state index in [-0.39, 0.29) is 18.4 Å². The van der Waals surface area contributed by atoms with Crippen molar-refractivity contribution in [2.75, 3.05) is 37.4 Å². The van der Waals surface area contributed by atoms with Gasteiger partial charge in [0.05, 0.1) is 6.54 Å². The Bertz CT molecular complexity index is 735. The molecule has 2 aromatic rings. The van der Waals surface area contributed by atoms with Crippen LogP contribution >= 0.6 is 11.6 Å². The third-order valence-electron chi connectivity index (χ3n) is 3.52. The van der Waals surface area contributed by atoms with Gasteiger partial charge in [-0.3, -0.25) is 9.59 Å². The van der Waals surface area contributed by atoms with Crippen LogP contribution in [0.25, 0.3) is 0 Å². The fourth-order valence-corrected chi connectivity index (χ4v) is 2.40. The third-order valence-corrected chi connectivity index (χ3v) is 3.75. The van der Waals surface area contributed by atoms with Crippen LogP contribution < -0.4 is 16.0 Å². The number of rotatable bonds is 9. The van der Waals surface area contributed by atoms with Crippen molar-refractivity contribution >= 4 is 34.8 Å². The first-order chi connectivity index (χ1) is 12.6. The largest absolute Gasteiger partial charge is 0.385 e. The van der Waals surface area contributed by atoms with E-state index in [1.54, 1.807) is 55.6 Å². The highest BCUT2D eigenvalue weighted by Gasteiger charge is 2.06. The molecule has 0 aliphatic heterocycles. The monoisotopic (exact) mass is 375 g/mol. The first kappa shape index (κ1) is 19.8. The predicted molar refractivity (Wildman–Crippen MR) is 104 cm³/mol. The molecule has 0 atom stereocenters. The number of ether oxygens (including phenoxy) is 1. The second kappa shape index (κ2) is 10.4. The Labute approximate surface area is 157 Å². The van der Waals surface area contributed by atoms with E-state index in [1.165, 1.54) is 0 Å². The van der Waals surface area contributed by atoms with Crippen LogP contribution in [0.3, 0.4) is 0 Å². The van der Waals surface area contributed by atoms with Gasteiger partial charge in [0.1, 0.15) is 0 Å². The van der Waals surface area contributed by atoms with Crippen LogP contribution in [0.5, 0.6) is 0 Å². The van der Waals surface area contributed by atoms with Crippen LogP contribution in [-0.4, -0.2) is 38.6 Å². The summed E-state index contributed by atoms with van der Waals surface area (Å²) >= 11 is 5.88. The van der Waals surface area contributed by atoms with E-state index < -0.39 is 0 Å². The van der Waals surface area contributed by atoms with Crippen molar-refractivity contribution in [2.24, 2.45) is 0 Å². The Morgan fingerprint density at radius 2 is 1.85 bits per heavy atom. The van der Waals surface area contributed by atoms with Gasteiger partial charge in [0, 0.05) is 42.2 Å². The van der Waals surface area contributed by atoms with Gasteiger partial charge in [0.2, 0.25) is 5.91 Å². The molecule has 138 valence electrons. The molecule has 2 rings (SSSR count). The van der Waals surface area contributed by atoms with Crippen LogP contribution in [0, 0.1) is 0 Å². The van der Waals surface area contributed by atoms with E-state index in [2.05, 4.69) is 16.0 Å². The minimum absolute atomic E-state index is 0.106. The molecule has 7 heteroatoms. The summed E-state index contributed by atoms with van der Waals surface area (Å²) in [5.41, 5.74) is 1.96. The molecule has 0 saturated carbocycles. The minimum Gasteiger partial charge on any atom is -0.385 e. The number of methoxy groups -OCH3 is 1. The highest BCUT2D eigenvalue weighted by atomic mass is 35.5. The Hall–Kier alpha value is -2.57. The Kier molecular flexibility index (Phi) is 7.92. The summed E-state index contributed by atoms with van der Waals surface area (Å²) in [4.78, 5) is 23.9.